The van der Waals surface area contributed by atoms with Crippen molar-refractivity contribution in [2.24, 2.45) is 0 Å². The highest BCUT2D eigenvalue weighted by Crippen LogP contribution is 2.13. The summed E-state index contributed by atoms with van der Waals surface area (Å²) in [6, 6.07) is 0. The van der Waals surface area contributed by atoms with Crippen molar-refractivity contribution in [3.05, 3.63) is 70.4 Å². The Morgan fingerprint density at radius 3 is 1.44 bits per heavy atom. The number of nitrogens with zero attached hydrogens (tertiary/aromatic N) is 2. The molecule has 0 radical (unpaired) electrons. The monoisotopic (exact) mass is 472 g/mol. The number of allylic oxidation sites excluding steroid dienone is 6. The summed E-state index contributed by atoms with van der Waals surface area (Å²) in [5.41, 5.74) is 3.23. The molecule has 2 N–H and O–H groups in total. The van der Waals surface area contributed by atoms with E-state index in [1.165, 1.54) is 35.7 Å². The van der Waals surface area contributed by atoms with Gasteiger partial charge in [-0.2, -0.15) is 0 Å². The number of rotatable bonds is 12. The van der Waals surface area contributed by atoms with E-state index < -0.39 is 35.9 Å². The van der Waals surface area contributed by atoms with Gasteiger partial charge in [0.2, 0.25) is 12.6 Å². The van der Waals surface area contributed by atoms with Crippen molar-refractivity contribution in [2.75, 3.05) is 0 Å². The Bertz CT molecular complexity index is 877. The van der Waals surface area contributed by atoms with Gasteiger partial charge < -0.3 is 19.7 Å². The van der Waals surface area contributed by atoms with Crippen LogP contribution in [0.4, 0.5) is 0 Å². The van der Waals surface area contributed by atoms with Gasteiger partial charge in [0, 0.05) is 12.4 Å². The number of carbonyl (C=O) groups is 2. The molecule has 1 heterocycles. The molecule has 2 unspecified atom stereocenters. The van der Waals surface area contributed by atoms with Gasteiger partial charge in [-0.3, -0.25) is 0 Å². The maximum Gasteiger partial charge on any atom is 0.362 e. The number of ether oxygens (including phenoxy) is 2. The average molecular weight is 473 g/mol. The van der Waals surface area contributed by atoms with Gasteiger partial charge in [-0.05, 0) is 79.4 Å². The number of hydrogen-bond donors (Lipinski definition) is 2. The highest BCUT2D eigenvalue weighted by molar-refractivity contribution is 6.00. The summed E-state index contributed by atoms with van der Waals surface area (Å²) in [7, 11) is 0. The van der Waals surface area contributed by atoms with Crippen LogP contribution in [0.2, 0.25) is 0 Å². The average Bonchev–Trinajstić information content (AvgIpc) is 2.72. The van der Waals surface area contributed by atoms with Gasteiger partial charge in [0.25, 0.3) is 0 Å². The van der Waals surface area contributed by atoms with Crippen LogP contribution < -0.4 is 0 Å². The molecule has 1 aromatic rings. The van der Waals surface area contributed by atoms with Gasteiger partial charge in [0.05, 0.1) is 0 Å². The van der Waals surface area contributed by atoms with Crippen molar-refractivity contribution in [1.82, 2.24) is 9.97 Å². The smallest absolute Gasteiger partial charge is 0.362 e. The third kappa shape index (κ3) is 11.7. The summed E-state index contributed by atoms with van der Waals surface area (Å²) >= 11 is 0. The maximum atomic E-state index is 12.5. The molecule has 0 aliphatic carbocycles. The fourth-order valence-electron chi connectivity index (χ4n) is 2.87. The minimum atomic E-state index is -1.51. The topological polar surface area (TPSA) is 119 Å². The van der Waals surface area contributed by atoms with Crippen LogP contribution in [-0.4, -0.2) is 44.7 Å². The SMILES string of the molecule is CC(C)=CCC/C(C)=C/C(O)OC(=O)c1nccnc1C(=O)OC(O)/C=C(\C)CCC=C(C)C. The zero-order valence-electron chi connectivity index (χ0n) is 20.9. The van der Waals surface area contributed by atoms with E-state index in [2.05, 4.69) is 22.1 Å². The predicted molar refractivity (Wildman–Crippen MR) is 130 cm³/mol. The van der Waals surface area contributed by atoms with E-state index in [1.54, 1.807) is 0 Å². The molecule has 0 spiro atoms. The number of aliphatic hydroxyl groups is 2. The Labute approximate surface area is 201 Å². The van der Waals surface area contributed by atoms with Crippen LogP contribution in [-0.2, 0) is 9.47 Å². The first-order valence-corrected chi connectivity index (χ1v) is 11.2. The van der Waals surface area contributed by atoms with Crippen LogP contribution in [0.25, 0.3) is 0 Å². The summed E-state index contributed by atoms with van der Waals surface area (Å²) in [6.45, 7) is 11.6. The first-order chi connectivity index (χ1) is 16.0. The van der Waals surface area contributed by atoms with Gasteiger partial charge in [0.1, 0.15) is 0 Å². The number of esters is 2. The van der Waals surface area contributed by atoms with Gasteiger partial charge >= 0.3 is 11.9 Å². The number of carbonyl (C=O) groups excluding carboxylic acids is 2. The number of hydrogen-bond acceptors (Lipinski definition) is 8. The third-order valence-electron chi connectivity index (χ3n) is 4.58. The zero-order chi connectivity index (χ0) is 25.7. The fourth-order valence-corrected chi connectivity index (χ4v) is 2.87. The molecule has 34 heavy (non-hydrogen) atoms. The summed E-state index contributed by atoms with van der Waals surface area (Å²) in [4.78, 5) is 32.7. The van der Waals surface area contributed by atoms with E-state index >= 15 is 0 Å². The quantitative estimate of drug-likeness (QED) is 0.253. The molecule has 1 rings (SSSR count). The summed E-state index contributed by atoms with van der Waals surface area (Å²) in [6.07, 6.45) is 9.37. The van der Waals surface area contributed by atoms with Gasteiger partial charge in [-0.15, -0.1) is 0 Å². The van der Waals surface area contributed by atoms with E-state index in [0.717, 1.165) is 24.0 Å². The van der Waals surface area contributed by atoms with Gasteiger partial charge in [0.15, 0.2) is 11.4 Å². The second-order valence-corrected chi connectivity index (χ2v) is 8.51. The summed E-state index contributed by atoms with van der Waals surface area (Å²) < 4.78 is 9.99. The van der Waals surface area contributed by atoms with Crippen LogP contribution in [0, 0.1) is 0 Å². The Morgan fingerprint density at radius 1 is 0.765 bits per heavy atom. The molecule has 0 aliphatic heterocycles. The van der Waals surface area contributed by atoms with Crippen molar-refractivity contribution < 1.29 is 29.3 Å². The second kappa shape index (κ2) is 14.9. The number of aromatic nitrogens is 2. The molecule has 0 bridgehead atoms. The Hall–Kier alpha value is -3.10. The first-order valence-electron chi connectivity index (χ1n) is 11.2. The first kappa shape index (κ1) is 28.9. The number of aliphatic hydroxyl groups excluding tert-OH is 2. The van der Waals surface area contributed by atoms with E-state index in [9.17, 15) is 19.8 Å². The van der Waals surface area contributed by atoms with E-state index in [4.69, 9.17) is 9.47 Å². The lowest BCUT2D eigenvalue weighted by atomic mass is 10.1. The maximum absolute atomic E-state index is 12.5. The highest BCUT2D eigenvalue weighted by Gasteiger charge is 2.25. The third-order valence-corrected chi connectivity index (χ3v) is 4.58. The lowest BCUT2D eigenvalue weighted by Crippen LogP contribution is -2.23. The molecule has 0 saturated heterocycles. The summed E-state index contributed by atoms with van der Waals surface area (Å²) in [5, 5.41) is 20.2. The van der Waals surface area contributed by atoms with Crippen molar-refractivity contribution in [3.63, 3.8) is 0 Å². The van der Waals surface area contributed by atoms with Crippen LogP contribution in [0.1, 0.15) is 88.2 Å². The lowest BCUT2D eigenvalue weighted by molar-refractivity contribution is -0.0404. The molecule has 8 heteroatoms. The fraction of sp³-hybridized carbons (Fsp3) is 0.462. The van der Waals surface area contributed by atoms with Crippen molar-refractivity contribution in [3.8, 4) is 0 Å². The molecule has 2 atom stereocenters. The minimum Gasteiger partial charge on any atom is -0.427 e. The standard InChI is InChI=1S/C26H36N2O6/c1-17(2)9-7-11-19(5)15-21(29)33-25(31)23-24(28-14-13-27-23)26(32)34-22(30)16-20(6)12-8-10-18(3)4/h9-10,13-16,21-22,29-30H,7-8,11-12H2,1-6H3/b19-15+,20-16+. The van der Waals surface area contributed by atoms with Gasteiger partial charge in [-0.25, -0.2) is 19.6 Å². The van der Waals surface area contributed by atoms with E-state index in [-0.39, 0.29) is 0 Å². The lowest BCUT2D eigenvalue weighted by Gasteiger charge is -2.12. The van der Waals surface area contributed by atoms with Crippen molar-refractivity contribution in [2.45, 2.75) is 79.8 Å². The molecular formula is C26H36N2O6. The highest BCUT2D eigenvalue weighted by atomic mass is 16.6. The Balaban J connectivity index is 2.80. The van der Waals surface area contributed by atoms with E-state index in [0.29, 0.717) is 12.8 Å². The molecule has 0 aromatic carbocycles. The second-order valence-electron chi connectivity index (χ2n) is 8.51. The van der Waals surface area contributed by atoms with Crippen LogP contribution in [0.3, 0.4) is 0 Å². The zero-order valence-corrected chi connectivity index (χ0v) is 20.9. The normalized spacial score (nSPS) is 13.5. The van der Waals surface area contributed by atoms with Crippen molar-refractivity contribution in [1.29, 1.82) is 0 Å². The molecule has 0 aliphatic rings. The molecule has 8 nitrogen and oxygen atoms in total. The molecule has 0 amide bonds. The molecule has 0 fully saturated rings. The van der Waals surface area contributed by atoms with Crippen molar-refractivity contribution >= 4 is 11.9 Å². The Morgan fingerprint density at radius 2 is 1.12 bits per heavy atom. The summed E-state index contributed by atoms with van der Waals surface area (Å²) in [5.74, 6) is -2.08. The minimum absolute atomic E-state index is 0.418. The van der Waals surface area contributed by atoms with Crippen LogP contribution in [0.5, 0.6) is 0 Å². The molecule has 186 valence electrons. The largest absolute Gasteiger partial charge is 0.427 e. The molecule has 0 saturated carbocycles. The van der Waals surface area contributed by atoms with Gasteiger partial charge in [-0.1, -0.05) is 34.4 Å². The Kier molecular flexibility index (Phi) is 12.7. The van der Waals surface area contributed by atoms with Crippen LogP contribution in [0.15, 0.2) is 59.0 Å². The predicted octanol–water partition coefficient (Wildman–Crippen LogP) is 4.81. The molecular weight excluding hydrogens is 436 g/mol. The van der Waals surface area contributed by atoms with Crippen LogP contribution >= 0.6 is 0 Å². The van der Waals surface area contributed by atoms with E-state index in [1.807, 2.05) is 41.5 Å². The molecule has 1 aromatic heterocycles.